The lowest BCUT2D eigenvalue weighted by Gasteiger charge is -2.19. The van der Waals surface area contributed by atoms with Gasteiger partial charge in [0, 0.05) is 10.9 Å². The molecule has 1 atom stereocenters. The molecule has 0 aliphatic rings. The van der Waals surface area contributed by atoms with Gasteiger partial charge in [0.25, 0.3) is 0 Å². The summed E-state index contributed by atoms with van der Waals surface area (Å²) in [6, 6.07) is 13.7. The molecular weight excluding hydrogens is 262 g/mol. The molecule has 0 spiro atoms. The molecule has 0 amide bonds. The third-order valence-electron chi connectivity index (χ3n) is 3.73. The summed E-state index contributed by atoms with van der Waals surface area (Å²) in [4.78, 5) is 1.50. The second-order valence-corrected chi connectivity index (χ2v) is 6.43. The van der Waals surface area contributed by atoms with Gasteiger partial charge in [-0.2, -0.15) is 0 Å². The number of hydrogen-bond donors (Lipinski definition) is 1. The van der Waals surface area contributed by atoms with E-state index in [2.05, 4.69) is 60.9 Å². The maximum atomic E-state index is 3.71. The monoisotopic (exact) mass is 287 g/mol. The van der Waals surface area contributed by atoms with Crippen LogP contribution >= 0.6 is 11.3 Å². The molecule has 1 heterocycles. The molecule has 20 heavy (non-hydrogen) atoms. The molecule has 0 bridgehead atoms. The second kappa shape index (κ2) is 8.23. The molecule has 0 aliphatic carbocycles. The van der Waals surface area contributed by atoms with Gasteiger partial charge in [-0.3, -0.25) is 0 Å². The molecule has 0 saturated carbocycles. The molecule has 0 radical (unpaired) electrons. The Balaban J connectivity index is 1.94. The van der Waals surface area contributed by atoms with E-state index in [1.807, 2.05) is 11.3 Å². The van der Waals surface area contributed by atoms with Crippen molar-refractivity contribution in [2.24, 2.45) is 0 Å². The Morgan fingerprint density at radius 2 is 2.00 bits per heavy atom. The minimum Gasteiger partial charge on any atom is -0.314 e. The van der Waals surface area contributed by atoms with Crippen molar-refractivity contribution in [3.05, 3.63) is 57.8 Å². The molecule has 1 unspecified atom stereocenters. The number of hydrogen-bond acceptors (Lipinski definition) is 2. The minimum atomic E-state index is 0.582. The van der Waals surface area contributed by atoms with Crippen LogP contribution in [-0.2, 0) is 12.8 Å². The average Bonchev–Trinajstić information content (AvgIpc) is 2.97. The fraction of sp³-hybridized carbons (Fsp3) is 0.444. The van der Waals surface area contributed by atoms with E-state index in [-0.39, 0.29) is 0 Å². The fourth-order valence-electron chi connectivity index (χ4n) is 2.50. The lowest BCUT2D eigenvalue weighted by molar-refractivity contribution is 0.478. The highest BCUT2D eigenvalue weighted by Crippen LogP contribution is 2.16. The van der Waals surface area contributed by atoms with E-state index >= 15 is 0 Å². The van der Waals surface area contributed by atoms with Crippen LogP contribution in [0.15, 0.2) is 41.8 Å². The summed E-state index contributed by atoms with van der Waals surface area (Å²) in [5, 5.41) is 5.88. The van der Waals surface area contributed by atoms with Gasteiger partial charge >= 0.3 is 0 Å². The van der Waals surface area contributed by atoms with Crippen LogP contribution < -0.4 is 5.32 Å². The minimum absolute atomic E-state index is 0.582. The molecule has 1 nitrogen and oxygen atoms in total. The van der Waals surface area contributed by atoms with E-state index in [4.69, 9.17) is 0 Å². The van der Waals surface area contributed by atoms with Crippen LogP contribution in [-0.4, -0.2) is 12.6 Å². The van der Waals surface area contributed by atoms with Crippen LogP contribution in [0.5, 0.6) is 0 Å². The van der Waals surface area contributed by atoms with Crippen LogP contribution in [0.4, 0.5) is 0 Å². The first-order chi connectivity index (χ1) is 9.79. The molecule has 2 heteroatoms. The highest BCUT2D eigenvalue weighted by molar-refractivity contribution is 7.09. The van der Waals surface area contributed by atoms with Crippen molar-refractivity contribution in [3.63, 3.8) is 0 Å². The molecule has 2 aromatic rings. The summed E-state index contributed by atoms with van der Waals surface area (Å²) in [6.45, 7) is 5.56. The standard InChI is InChI=1S/C18H25NS/c1-3-12-19-17(10-11-18-9-6-13-20-18)14-16-8-5-4-7-15(16)2/h4-9,13,17,19H,3,10-12,14H2,1-2H3. The first kappa shape index (κ1) is 15.3. The Labute approximate surface area is 127 Å². The van der Waals surface area contributed by atoms with Crippen molar-refractivity contribution < 1.29 is 0 Å². The summed E-state index contributed by atoms with van der Waals surface area (Å²) >= 11 is 1.87. The van der Waals surface area contributed by atoms with E-state index in [0.717, 1.165) is 13.0 Å². The van der Waals surface area contributed by atoms with Crippen molar-refractivity contribution >= 4 is 11.3 Å². The summed E-state index contributed by atoms with van der Waals surface area (Å²) in [5.74, 6) is 0. The van der Waals surface area contributed by atoms with Gasteiger partial charge in [-0.15, -0.1) is 11.3 Å². The predicted molar refractivity (Wildman–Crippen MR) is 89.6 cm³/mol. The predicted octanol–water partition coefficient (Wildman–Crippen LogP) is 4.60. The largest absolute Gasteiger partial charge is 0.314 e. The number of aryl methyl sites for hydroxylation is 2. The number of thiophene rings is 1. The molecule has 0 saturated heterocycles. The SMILES string of the molecule is CCCNC(CCc1cccs1)Cc1ccccc1C. The zero-order valence-corrected chi connectivity index (χ0v) is 13.4. The topological polar surface area (TPSA) is 12.0 Å². The molecule has 1 aromatic carbocycles. The summed E-state index contributed by atoms with van der Waals surface area (Å²) in [7, 11) is 0. The van der Waals surface area contributed by atoms with Crippen LogP contribution in [0.25, 0.3) is 0 Å². The molecule has 1 N–H and O–H groups in total. The van der Waals surface area contributed by atoms with Crippen LogP contribution in [0.2, 0.25) is 0 Å². The van der Waals surface area contributed by atoms with Crippen molar-refractivity contribution in [1.82, 2.24) is 5.32 Å². The summed E-state index contributed by atoms with van der Waals surface area (Å²) < 4.78 is 0. The van der Waals surface area contributed by atoms with Gasteiger partial charge in [-0.25, -0.2) is 0 Å². The van der Waals surface area contributed by atoms with Crippen LogP contribution in [0.3, 0.4) is 0 Å². The van der Waals surface area contributed by atoms with Crippen LogP contribution in [0.1, 0.15) is 35.8 Å². The van der Waals surface area contributed by atoms with Gasteiger partial charge in [-0.1, -0.05) is 37.3 Å². The van der Waals surface area contributed by atoms with E-state index < -0.39 is 0 Å². The van der Waals surface area contributed by atoms with Gasteiger partial charge in [0.05, 0.1) is 0 Å². The molecule has 2 rings (SSSR count). The Hall–Kier alpha value is -1.12. The molecular formula is C18H25NS. The lowest BCUT2D eigenvalue weighted by Crippen LogP contribution is -2.32. The zero-order valence-electron chi connectivity index (χ0n) is 12.6. The summed E-state index contributed by atoms with van der Waals surface area (Å²) in [6.07, 6.45) is 4.74. The Kier molecular flexibility index (Phi) is 6.28. The first-order valence-corrected chi connectivity index (χ1v) is 8.48. The van der Waals surface area contributed by atoms with Crippen LogP contribution in [0, 0.1) is 6.92 Å². The third kappa shape index (κ3) is 4.77. The first-order valence-electron chi connectivity index (χ1n) is 7.60. The third-order valence-corrected chi connectivity index (χ3v) is 4.67. The fourth-order valence-corrected chi connectivity index (χ4v) is 3.23. The molecule has 0 fully saturated rings. The number of nitrogens with one attached hydrogen (secondary N) is 1. The quantitative estimate of drug-likeness (QED) is 0.748. The van der Waals surface area contributed by atoms with Crippen molar-refractivity contribution in [1.29, 1.82) is 0 Å². The van der Waals surface area contributed by atoms with Crippen molar-refractivity contribution in [2.45, 2.75) is 45.6 Å². The van der Waals surface area contributed by atoms with E-state index in [1.165, 1.54) is 35.3 Å². The van der Waals surface area contributed by atoms with Gasteiger partial charge in [-0.05, 0) is 61.7 Å². The summed E-state index contributed by atoms with van der Waals surface area (Å²) in [5.41, 5.74) is 2.89. The Morgan fingerprint density at radius 1 is 1.15 bits per heavy atom. The maximum Gasteiger partial charge on any atom is 0.0111 e. The highest BCUT2D eigenvalue weighted by atomic mass is 32.1. The van der Waals surface area contributed by atoms with Gasteiger partial charge in [0.15, 0.2) is 0 Å². The number of rotatable bonds is 8. The maximum absolute atomic E-state index is 3.71. The van der Waals surface area contributed by atoms with Crippen molar-refractivity contribution in [3.8, 4) is 0 Å². The molecule has 1 aromatic heterocycles. The normalized spacial score (nSPS) is 12.5. The molecule has 0 aliphatic heterocycles. The second-order valence-electron chi connectivity index (χ2n) is 5.40. The average molecular weight is 287 g/mol. The lowest BCUT2D eigenvalue weighted by atomic mass is 9.98. The van der Waals surface area contributed by atoms with Gasteiger partial charge in [0.2, 0.25) is 0 Å². The van der Waals surface area contributed by atoms with Gasteiger partial charge in [0.1, 0.15) is 0 Å². The van der Waals surface area contributed by atoms with E-state index in [1.54, 1.807) is 0 Å². The van der Waals surface area contributed by atoms with Gasteiger partial charge < -0.3 is 5.32 Å². The van der Waals surface area contributed by atoms with Crippen molar-refractivity contribution in [2.75, 3.05) is 6.54 Å². The molecule has 108 valence electrons. The Bertz CT molecular complexity index is 490. The number of benzene rings is 1. The zero-order chi connectivity index (χ0) is 14.2. The van der Waals surface area contributed by atoms with E-state index in [9.17, 15) is 0 Å². The Morgan fingerprint density at radius 3 is 2.70 bits per heavy atom. The van der Waals surface area contributed by atoms with E-state index in [0.29, 0.717) is 6.04 Å². The smallest absolute Gasteiger partial charge is 0.0111 e. The highest BCUT2D eigenvalue weighted by Gasteiger charge is 2.10.